The van der Waals surface area contributed by atoms with Gasteiger partial charge in [-0.05, 0) is 62.9 Å². The Balaban J connectivity index is 1.79. The monoisotopic (exact) mass is 320 g/mol. The lowest BCUT2D eigenvalue weighted by Crippen LogP contribution is -2.44. The van der Waals surface area contributed by atoms with Gasteiger partial charge in [0.25, 0.3) is 0 Å². The first kappa shape index (κ1) is 17.9. The molecule has 23 heavy (non-hydrogen) atoms. The van der Waals surface area contributed by atoms with Crippen molar-refractivity contribution in [3.05, 3.63) is 35.6 Å². The van der Waals surface area contributed by atoms with Gasteiger partial charge in [-0.1, -0.05) is 25.5 Å². The largest absolute Gasteiger partial charge is 0.355 e. The van der Waals surface area contributed by atoms with E-state index in [1.807, 2.05) is 0 Å². The fraction of sp³-hybridized carbons (Fsp3) is 0.632. The van der Waals surface area contributed by atoms with E-state index in [2.05, 4.69) is 24.1 Å². The molecule has 0 aromatic heterocycles. The minimum absolute atomic E-state index is 0.0880. The molecule has 1 aromatic rings. The van der Waals surface area contributed by atoms with Crippen LogP contribution in [0.2, 0.25) is 0 Å². The number of amides is 1. The minimum atomic E-state index is -0.233. The Kier molecular flexibility index (Phi) is 7.03. The summed E-state index contributed by atoms with van der Waals surface area (Å²) in [5, 5.41) is 3.07. The fourth-order valence-electron chi connectivity index (χ4n) is 3.28. The van der Waals surface area contributed by atoms with E-state index < -0.39 is 0 Å². The van der Waals surface area contributed by atoms with Crippen LogP contribution in [0.25, 0.3) is 0 Å². The zero-order valence-corrected chi connectivity index (χ0v) is 14.4. The Hall–Kier alpha value is -1.42. The lowest BCUT2D eigenvalue weighted by molar-refractivity contribution is -0.121. The first-order valence-electron chi connectivity index (χ1n) is 8.86. The van der Waals surface area contributed by atoms with Gasteiger partial charge in [-0.2, -0.15) is 0 Å². The molecule has 128 valence electrons. The Morgan fingerprint density at radius 2 is 1.87 bits per heavy atom. The third kappa shape index (κ3) is 5.61. The molecule has 1 amide bonds. The summed E-state index contributed by atoms with van der Waals surface area (Å²) in [7, 11) is 0. The van der Waals surface area contributed by atoms with Crippen molar-refractivity contribution in [3.63, 3.8) is 0 Å². The number of carbonyl (C=O) groups excluding carboxylic acids is 1. The lowest BCUT2D eigenvalue weighted by Gasteiger charge is -2.32. The quantitative estimate of drug-likeness (QED) is 0.831. The summed E-state index contributed by atoms with van der Waals surface area (Å²) >= 11 is 0. The second-order valence-corrected chi connectivity index (χ2v) is 6.61. The number of rotatable bonds is 7. The van der Waals surface area contributed by atoms with Gasteiger partial charge in [0.05, 0.1) is 0 Å². The highest BCUT2D eigenvalue weighted by atomic mass is 19.1. The van der Waals surface area contributed by atoms with Crippen LogP contribution in [0, 0.1) is 5.82 Å². The molecule has 2 rings (SSSR count). The second-order valence-electron chi connectivity index (χ2n) is 6.61. The maximum Gasteiger partial charge on any atom is 0.220 e. The molecule has 0 bridgehead atoms. The van der Waals surface area contributed by atoms with E-state index in [4.69, 9.17) is 0 Å². The number of hydrogen-bond acceptors (Lipinski definition) is 2. The SMILES string of the molecule is CCC(CC(=O)NCC(C)N1CCCCC1)c1ccc(F)cc1. The molecule has 1 fully saturated rings. The standard InChI is InChI=1S/C19H29FN2O/c1-3-16(17-7-9-18(20)10-8-17)13-19(23)21-14-15(2)22-11-5-4-6-12-22/h7-10,15-16H,3-6,11-14H2,1-2H3,(H,21,23). The number of halogens is 1. The van der Waals surface area contributed by atoms with Crippen molar-refractivity contribution in [2.24, 2.45) is 0 Å². The summed E-state index contributed by atoms with van der Waals surface area (Å²) < 4.78 is 13.0. The molecule has 0 radical (unpaired) electrons. The van der Waals surface area contributed by atoms with Gasteiger partial charge in [0.1, 0.15) is 5.82 Å². The molecule has 4 heteroatoms. The zero-order valence-electron chi connectivity index (χ0n) is 14.4. The van der Waals surface area contributed by atoms with E-state index in [1.54, 1.807) is 12.1 Å². The van der Waals surface area contributed by atoms with Gasteiger partial charge in [-0.3, -0.25) is 9.69 Å². The predicted molar refractivity (Wildman–Crippen MR) is 91.9 cm³/mol. The van der Waals surface area contributed by atoms with Gasteiger partial charge in [0.15, 0.2) is 0 Å². The molecule has 2 unspecified atom stereocenters. The molecule has 1 aromatic carbocycles. The van der Waals surface area contributed by atoms with Crippen molar-refractivity contribution in [2.45, 2.75) is 57.9 Å². The number of carbonyl (C=O) groups is 1. The lowest BCUT2D eigenvalue weighted by atomic mass is 9.93. The first-order chi connectivity index (χ1) is 11.1. The highest BCUT2D eigenvalue weighted by molar-refractivity contribution is 5.76. The highest BCUT2D eigenvalue weighted by Gasteiger charge is 2.18. The summed E-state index contributed by atoms with van der Waals surface area (Å²) in [4.78, 5) is 14.7. The zero-order chi connectivity index (χ0) is 16.7. The van der Waals surface area contributed by atoms with Crippen LogP contribution in [0.5, 0.6) is 0 Å². The Labute approximate surface area is 139 Å². The van der Waals surface area contributed by atoms with Crippen molar-refractivity contribution < 1.29 is 9.18 Å². The van der Waals surface area contributed by atoms with Gasteiger partial charge in [-0.25, -0.2) is 4.39 Å². The normalized spacial score (nSPS) is 18.4. The molecule has 1 aliphatic rings. The third-order valence-corrected chi connectivity index (χ3v) is 4.87. The Bertz CT molecular complexity index is 483. The topological polar surface area (TPSA) is 32.3 Å². The van der Waals surface area contributed by atoms with Crippen LogP contribution in [-0.2, 0) is 4.79 Å². The van der Waals surface area contributed by atoms with E-state index in [-0.39, 0.29) is 17.6 Å². The third-order valence-electron chi connectivity index (χ3n) is 4.87. The van der Waals surface area contributed by atoms with Gasteiger partial charge in [0, 0.05) is 19.0 Å². The van der Waals surface area contributed by atoms with E-state index >= 15 is 0 Å². The smallest absolute Gasteiger partial charge is 0.220 e. The maximum atomic E-state index is 13.0. The number of piperidine rings is 1. The number of likely N-dealkylation sites (tertiary alicyclic amines) is 1. The molecule has 3 nitrogen and oxygen atoms in total. The Morgan fingerprint density at radius 1 is 1.22 bits per heavy atom. The van der Waals surface area contributed by atoms with Crippen LogP contribution in [0.15, 0.2) is 24.3 Å². The summed E-state index contributed by atoms with van der Waals surface area (Å²) in [5.41, 5.74) is 1.04. The first-order valence-corrected chi connectivity index (χ1v) is 8.86. The van der Waals surface area contributed by atoms with Crippen LogP contribution in [0.4, 0.5) is 4.39 Å². The summed E-state index contributed by atoms with van der Waals surface area (Å²) in [5.74, 6) is 0.00865. The highest BCUT2D eigenvalue weighted by Crippen LogP contribution is 2.23. The second kappa shape index (κ2) is 9.02. The molecule has 1 heterocycles. The van der Waals surface area contributed by atoms with Crippen LogP contribution < -0.4 is 5.32 Å². The van der Waals surface area contributed by atoms with Gasteiger partial charge >= 0.3 is 0 Å². The maximum absolute atomic E-state index is 13.0. The van der Waals surface area contributed by atoms with Gasteiger partial charge in [0.2, 0.25) is 5.91 Å². The number of nitrogens with one attached hydrogen (secondary N) is 1. The summed E-state index contributed by atoms with van der Waals surface area (Å²) in [6.07, 6.45) is 5.20. The average Bonchev–Trinajstić information content (AvgIpc) is 2.59. The van der Waals surface area contributed by atoms with Crippen molar-refractivity contribution in [2.75, 3.05) is 19.6 Å². The number of hydrogen-bond donors (Lipinski definition) is 1. The molecule has 0 aliphatic carbocycles. The van der Waals surface area contributed by atoms with Crippen LogP contribution in [0.1, 0.15) is 57.4 Å². The molecule has 1 N–H and O–H groups in total. The molecule has 1 aliphatic heterocycles. The fourth-order valence-corrected chi connectivity index (χ4v) is 3.28. The van der Waals surface area contributed by atoms with Gasteiger partial charge < -0.3 is 5.32 Å². The predicted octanol–water partition coefficient (Wildman–Crippen LogP) is 3.70. The van der Waals surface area contributed by atoms with E-state index in [0.717, 1.165) is 25.1 Å². The number of nitrogens with zero attached hydrogens (tertiary/aromatic N) is 1. The van der Waals surface area contributed by atoms with Crippen molar-refractivity contribution in [3.8, 4) is 0 Å². The average molecular weight is 320 g/mol. The van der Waals surface area contributed by atoms with Gasteiger partial charge in [-0.15, -0.1) is 0 Å². The van der Waals surface area contributed by atoms with Crippen molar-refractivity contribution >= 4 is 5.91 Å². The van der Waals surface area contributed by atoms with E-state index in [0.29, 0.717) is 19.0 Å². The minimum Gasteiger partial charge on any atom is -0.355 e. The van der Waals surface area contributed by atoms with Crippen LogP contribution in [-0.4, -0.2) is 36.5 Å². The molecule has 0 spiro atoms. The Morgan fingerprint density at radius 3 is 2.48 bits per heavy atom. The van der Waals surface area contributed by atoms with E-state index in [1.165, 1.54) is 31.4 Å². The van der Waals surface area contributed by atoms with Crippen molar-refractivity contribution in [1.82, 2.24) is 10.2 Å². The molecule has 2 atom stereocenters. The van der Waals surface area contributed by atoms with Crippen molar-refractivity contribution in [1.29, 1.82) is 0 Å². The molecule has 1 saturated heterocycles. The number of benzene rings is 1. The van der Waals surface area contributed by atoms with Crippen LogP contribution >= 0.6 is 0 Å². The molecule has 0 saturated carbocycles. The van der Waals surface area contributed by atoms with Crippen LogP contribution in [0.3, 0.4) is 0 Å². The van der Waals surface area contributed by atoms with E-state index in [9.17, 15) is 9.18 Å². The molecular formula is C19H29FN2O. The summed E-state index contributed by atoms with van der Waals surface area (Å²) in [6.45, 7) is 7.24. The summed E-state index contributed by atoms with van der Waals surface area (Å²) in [6, 6.07) is 6.90. The molecular weight excluding hydrogens is 291 g/mol.